The predicted octanol–water partition coefficient (Wildman–Crippen LogP) is 5.70. The summed E-state index contributed by atoms with van der Waals surface area (Å²) < 4.78 is 1.94. The van der Waals surface area contributed by atoms with Gasteiger partial charge in [-0.3, -0.25) is 0 Å². The highest BCUT2D eigenvalue weighted by Gasteiger charge is 2.16. The Labute approximate surface area is 148 Å². The number of benzene rings is 2. The highest BCUT2D eigenvalue weighted by atomic mass is 15.2. The highest BCUT2D eigenvalue weighted by molar-refractivity contribution is 6.01. The maximum Gasteiger partial charge on any atom is 0.0740 e. The van der Waals surface area contributed by atoms with E-state index in [0.717, 1.165) is 11.9 Å². The van der Waals surface area contributed by atoms with Crippen LogP contribution >= 0.6 is 0 Å². The molecule has 0 spiro atoms. The molecule has 2 heterocycles. The van der Waals surface area contributed by atoms with Crippen LogP contribution in [0.2, 0.25) is 0 Å². The van der Waals surface area contributed by atoms with Crippen LogP contribution in [0, 0.1) is 0 Å². The van der Waals surface area contributed by atoms with Crippen LogP contribution in [0.3, 0.4) is 0 Å². The topological polar surface area (TPSA) is 17.3 Å². The molecule has 0 aliphatic carbocycles. The zero-order valence-electron chi connectivity index (χ0n) is 14.3. The van der Waals surface area contributed by atoms with Crippen LogP contribution in [0.25, 0.3) is 16.7 Å². The average Bonchev–Trinajstić information content (AvgIpc) is 3.11. The van der Waals surface area contributed by atoms with E-state index in [1.807, 2.05) is 23.0 Å². The Morgan fingerprint density at radius 2 is 1.44 bits per heavy atom. The van der Waals surface area contributed by atoms with E-state index in [4.69, 9.17) is 0 Å². The molecule has 0 bridgehead atoms. The normalized spacial score (nSPS) is 12.2. The number of rotatable bonds is 4. The minimum Gasteiger partial charge on any atom is -0.240 e. The van der Waals surface area contributed by atoms with E-state index in [2.05, 4.69) is 84.8 Å². The molecule has 0 radical (unpaired) electrons. The Bertz CT molecular complexity index is 1010. The molecule has 0 N–H and O–H groups in total. The van der Waals surface area contributed by atoms with E-state index >= 15 is 0 Å². The molecule has 2 aromatic carbocycles. The average molecular weight is 324 g/mol. The van der Waals surface area contributed by atoms with Crippen molar-refractivity contribution in [3.8, 4) is 0 Å². The summed E-state index contributed by atoms with van der Waals surface area (Å²) in [5.74, 6) is 0. The number of aromatic nitrogens is 2. The summed E-state index contributed by atoms with van der Waals surface area (Å²) in [6.07, 6.45) is 4.93. The number of fused-ring (bicyclic) bond motifs is 1. The molecule has 25 heavy (non-hydrogen) atoms. The van der Waals surface area contributed by atoms with Crippen molar-refractivity contribution in [3.05, 3.63) is 108 Å². The van der Waals surface area contributed by atoms with Gasteiger partial charge in [0.25, 0.3) is 0 Å². The molecule has 0 amide bonds. The first-order chi connectivity index (χ1) is 12.4. The van der Waals surface area contributed by atoms with Crippen LogP contribution in [0.4, 0.5) is 0 Å². The summed E-state index contributed by atoms with van der Waals surface area (Å²) in [5.41, 5.74) is 7.39. The van der Waals surface area contributed by atoms with Crippen LogP contribution in [-0.2, 0) is 0 Å². The van der Waals surface area contributed by atoms with Crippen molar-refractivity contribution in [2.24, 2.45) is 0 Å². The molecular formula is C23H20N2. The van der Waals surface area contributed by atoms with Gasteiger partial charge in [0.2, 0.25) is 0 Å². The van der Waals surface area contributed by atoms with Crippen molar-refractivity contribution in [1.29, 1.82) is 0 Å². The van der Waals surface area contributed by atoms with Crippen LogP contribution < -0.4 is 0 Å². The Hall–Kier alpha value is -3.13. The maximum atomic E-state index is 4.56. The van der Waals surface area contributed by atoms with Crippen LogP contribution in [0.1, 0.15) is 30.0 Å². The van der Waals surface area contributed by atoms with Gasteiger partial charge in [-0.05, 0) is 40.8 Å². The molecular weight excluding hydrogens is 304 g/mol. The van der Waals surface area contributed by atoms with Gasteiger partial charge in [0.05, 0.1) is 11.7 Å². The molecule has 0 fully saturated rings. The molecule has 4 aromatic rings. The Morgan fingerprint density at radius 3 is 2.12 bits per heavy atom. The third-order valence-electron chi connectivity index (χ3n) is 4.54. The SMILES string of the molecule is CC/C(=C(/c1ccccc1)c1cnn2ccccc12)c1ccccc1. The van der Waals surface area contributed by atoms with E-state index < -0.39 is 0 Å². The van der Waals surface area contributed by atoms with Gasteiger partial charge in [0.15, 0.2) is 0 Å². The molecule has 0 saturated carbocycles. The van der Waals surface area contributed by atoms with Gasteiger partial charge in [-0.1, -0.05) is 73.7 Å². The summed E-state index contributed by atoms with van der Waals surface area (Å²) in [6, 6.07) is 27.5. The standard InChI is InChI=1S/C23H20N2/c1-2-20(18-11-5-3-6-12-18)23(19-13-7-4-8-14-19)21-17-24-25-16-10-9-15-22(21)25/h3-17H,2H2,1H3/b23-20+. The molecule has 4 rings (SSSR count). The zero-order chi connectivity index (χ0) is 17.1. The Balaban J connectivity index is 2.05. The fraction of sp³-hybridized carbons (Fsp3) is 0.0870. The largest absolute Gasteiger partial charge is 0.240 e. The summed E-state index contributed by atoms with van der Waals surface area (Å²) in [6.45, 7) is 2.22. The monoisotopic (exact) mass is 324 g/mol. The molecule has 2 aromatic heterocycles. The van der Waals surface area contributed by atoms with Crippen molar-refractivity contribution >= 4 is 16.7 Å². The molecule has 0 saturated heterocycles. The maximum absolute atomic E-state index is 4.56. The second kappa shape index (κ2) is 6.78. The van der Waals surface area contributed by atoms with Crippen molar-refractivity contribution in [2.75, 3.05) is 0 Å². The van der Waals surface area contributed by atoms with Gasteiger partial charge in [-0.25, -0.2) is 4.52 Å². The minimum absolute atomic E-state index is 0.957. The second-order valence-electron chi connectivity index (χ2n) is 6.03. The fourth-order valence-corrected chi connectivity index (χ4v) is 3.39. The van der Waals surface area contributed by atoms with Gasteiger partial charge >= 0.3 is 0 Å². The molecule has 0 aliphatic heterocycles. The first-order valence-electron chi connectivity index (χ1n) is 8.65. The fourth-order valence-electron chi connectivity index (χ4n) is 3.39. The predicted molar refractivity (Wildman–Crippen MR) is 104 cm³/mol. The Kier molecular flexibility index (Phi) is 4.17. The first-order valence-corrected chi connectivity index (χ1v) is 8.65. The summed E-state index contributed by atoms with van der Waals surface area (Å²) in [7, 11) is 0. The van der Waals surface area contributed by atoms with Gasteiger partial charge in [-0.15, -0.1) is 0 Å². The minimum atomic E-state index is 0.957. The summed E-state index contributed by atoms with van der Waals surface area (Å²) in [4.78, 5) is 0. The molecule has 0 unspecified atom stereocenters. The summed E-state index contributed by atoms with van der Waals surface area (Å²) >= 11 is 0. The molecule has 0 atom stereocenters. The Morgan fingerprint density at radius 1 is 0.800 bits per heavy atom. The number of nitrogens with zero attached hydrogens (tertiary/aromatic N) is 2. The van der Waals surface area contributed by atoms with Gasteiger partial charge in [0.1, 0.15) is 0 Å². The van der Waals surface area contributed by atoms with Crippen LogP contribution in [0.15, 0.2) is 91.3 Å². The van der Waals surface area contributed by atoms with Crippen molar-refractivity contribution < 1.29 is 0 Å². The first kappa shape index (κ1) is 15.4. The van der Waals surface area contributed by atoms with E-state index in [1.54, 1.807) is 0 Å². The molecule has 122 valence electrons. The van der Waals surface area contributed by atoms with E-state index in [-0.39, 0.29) is 0 Å². The number of hydrogen-bond donors (Lipinski definition) is 0. The number of pyridine rings is 1. The van der Waals surface area contributed by atoms with Crippen LogP contribution in [0.5, 0.6) is 0 Å². The van der Waals surface area contributed by atoms with Gasteiger partial charge in [-0.2, -0.15) is 5.10 Å². The van der Waals surface area contributed by atoms with Crippen molar-refractivity contribution in [2.45, 2.75) is 13.3 Å². The lowest BCUT2D eigenvalue weighted by Gasteiger charge is -2.15. The van der Waals surface area contributed by atoms with Crippen LogP contribution in [-0.4, -0.2) is 9.61 Å². The number of hydrogen-bond acceptors (Lipinski definition) is 1. The van der Waals surface area contributed by atoms with E-state index in [0.29, 0.717) is 0 Å². The third-order valence-corrected chi connectivity index (χ3v) is 4.54. The van der Waals surface area contributed by atoms with Crippen molar-refractivity contribution in [1.82, 2.24) is 9.61 Å². The third kappa shape index (κ3) is 2.87. The van der Waals surface area contributed by atoms with Crippen molar-refractivity contribution in [3.63, 3.8) is 0 Å². The highest BCUT2D eigenvalue weighted by Crippen LogP contribution is 2.35. The lowest BCUT2D eigenvalue weighted by Crippen LogP contribution is -1.95. The lowest BCUT2D eigenvalue weighted by atomic mass is 9.89. The van der Waals surface area contributed by atoms with E-state index in [9.17, 15) is 0 Å². The quantitative estimate of drug-likeness (QED) is 0.440. The zero-order valence-corrected chi connectivity index (χ0v) is 14.3. The molecule has 0 aliphatic rings. The number of allylic oxidation sites excluding steroid dienone is 1. The summed E-state index contributed by atoms with van der Waals surface area (Å²) in [5, 5.41) is 4.56. The molecule has 2 nitrogen and oxygen atoms in total. The van der Waals surface area contributed by atoms with E-state index in [1.165, 1.54) is 27.8 Å². The smallest absolute Gasteiger partial charge is 0.0740 e. The second-order valence-corrected chi connectivity index (χ2v) is 6.03. The lowest BCUT2D eigenvalue weighted by molar-refractivity contribution is 0.961. The molecule has 2 heteroatoms. The van der Waals surface area contributed by atoms with Gasteiger partial charge in [0, 0.05) is 11.8 Å². The van der Waals surface area contributed by atoms with Gasteiger partial charge < -0.3 is 0 Å².